The number of halogens is 1. The number of amides is 1. The number of hydrogen-bond acceptors (Lipinski definition) is 3. The summed E-state index contributed by atoms with van der Waals surface area (Å²) < 4.78 is 0. The van der Waals surface area contributed by atoms with Crippen LogP contribution in [-0.4, -0.2) is 34.9 Å². The molecule has 1 amide bonds. The lowest BCUT2D eigenvalue weighted by Crippen LogP contribution is -2.44. The fourth-order valence-corrected chi connectivity index (χ4v) is 3.08. The number of pyridine rings is 1. The van der Waals surface area contributed by atoms with Crippen molar-refractivity contribution >= 4 is 17.5 Å². The van der Waals surface area contributed by atoms with Crippen LogP contribution in [0.2, 0.25) is 5.15 Å². The van der Waals surface area contributed by atoms with Gasteiger partial charge in [-0.3, -0.25) is 9.69 Å². The summed E-state index contributed by atoms with van der Waals surface area (Å²) in [6.07, 6.45) is 3.93. The summed E-state index contributed by atoms with van der Waals surface area (Å²) in [6, 6.07) is 4.17. The minimum absolute atomic E-state index is 0.180. The molecule has 0 radical (unpaired) electrons. The lowest BCUT2D eigenvalue weighted by Gasteiger charge is -2.35. The Morgan fingerprint density at radius 1 is 1.50 bits per heavy atom. The van der Waals surface area contributed by atoms with Gasteiger partial charge in [0.15, 0.2) is 0 Å². The molecule has 5 heteroatoms. The molecule has 0 saturated carbocycles. The van der Waals surface area contributed by atoms with Crippen LogP contribution in [0.15, 0.2) is 18.3 Å². The fourth-order valence-electron chi connectivity index (χ4n) is 2.97. The zero-order valence-electron chi connectivity index (χ0n) is 10.1. The van der Waals surface area contributed by atoms with E-state index in [1.807, 2.05) is 18.3 Å². The molecule has 2 fully saturated rings. The Hall–Kier alpha value is -1.13. The molecule has 18 heavy (non-hydrogen) atoms. The number of carbonyl (C=O) groups excluding carboxylic acids is 1. The van der Waals surface area contributed by atoms with Crippen LogP contribution >= 0.6 is 11.6 Å². The molecule has 3 rings (SSSR count). The second-order valence-electron chi connectivity index (χ2n) is 5.02. The first-order valence-electron chi connectivity index (χ1n) is 6.36. The Kier molecular flexibility index (Phi) is 3.22. The van der Waals surface area contributed by atoms with Gasteiger partial charge >= 0.3 is 0 Å². The first-order valence-corrected chi connectivity index (χ1v) is 6.74. The van der Waals surface area contributed by atoms with Gasteiger partial charge in [0.25, 0.3) is 0 Å². The highest BCUT2D eigenvalue weighted by atomic mass is 35.5. The smallest absolute Gasteiger partial charge is 0.224 e. The average Bonchev–Trinajstić information content (AvgIpc) is 2.76. The van der Waals surface area contributed by atoms with E-state index in [2.05, 4.69) is 15.2 Å². The van der Waals surface area contributed by atoms with Gasteiger partial charge in [-0.1, -0.05) is 17.7 Å². The molecular weight excluding hydrogens is 250 g/mol. The number of fused-ring (bicyclic) bond motifs is 1. The van der Waals surface area contributed by atoms with Crippen LogP contribution in [0.5, 0.6) is 0 Å². The number of hydrogen-bond donors (Lipinski definition) is 1. The number of nitrogens with zero attached hydrogens (tertiary/aromatic N) is 2. The maximum atomic E-state index is 11.7. The Morgan fingerprint density at radius 3 is 3.17 bits per heavy atom. The lowest BCUT2D eigenvalue weighted by molar-refractivity contribution is -0.124. The molecule has 2 atom stereocenters. The summed E-state index contributed by atoms with van der Waals surface area (Å²) in [7, 11) is 0. The zero-order chi connectivity index (χ0) is 12.5. The van der Waals surface area contributed by atoms with Crippen molar-refractivity contribution in [2.75, 3.05) is 13.1 Å². The van der Waals surface area contributed by atoms with E-state index in [4.69, 9.17) is 11.6 Å². The lowest BCUT2D eigenvalue weighted by atomic mass is 9.91. The van der Waals surface area contributed by atoms with Crippen LogP contribution in [0.3, 0.4) is 0 Å². The number of likely N-dealkylation sites (tertiary alicyclic amines) is 1. The second-order valence-corrected chi connectivity index (χ2v) is 5.41. The number of rotatable bonds is 2. The largest absolute Gasteiger partial charge is 0.354 e. The molecule has 0 spiro atoms. The van der Waals surface area contributed by atoms with E-state index in [9.17, 15) is 4.79 Å². The Labute approximate surface area is 111 Å². The number of piperidine rings is 1. The molecule has 3 heterocycles. The third-order valence-electron chi connectivity index (χ3n) is 3.89. The quantitative estimate of drug-likeness (QED) is 0.824. The van der Waals surface area contributed by atoms with Crippen molar-refractivity contribution in [2.24, 2.45) is 5.92 Å². The average molecular weight is 266 g/mol. The van der Waals surface area contributed by atoms with Gasteiger partial charge in [-0.2, -0.15) is 0 Å². The van der Waals surface area contributed by atoms with E-state index in [0.29, 0.717) is 11.2 Å². The summed E-state index contributed by atoms with van der Waals surface area (Å²) in [5, 5.41) is 3.49. The summed E-state index contributed by atoms with van der Waals surface area (Å²) in [6.45, 7) is 2.68. The highest BCUT2D eigenvalue weighted by Gasteiger charge is 2.40. The van der Waals surface area contributed by atoms with Crippen molar-refractivity contribution in [3.05, 3.63) is 29.0 Å². The molecule has 0 aromatic carbocycles. The van der Waals surface area contributed by atoms with Gasteiger partial charge in [0.2, 0.25) is 5.91 Å². The predicted octanol–water partition coefficient (Wildman–Crippen LogP) is 1.45. The van der Waals surface area contributed by atoms with E-state index in [1.54, 1.807) is 0 Å². The van der Waals surface area contributed by atoms with Gasteiger partial charge < -0.3 is 5.32 Å². The maximum Gasteiger partial charge on any atom is 0.224 e. The Bertz CT molecular complexity index is 448. The molecule has 1 aromatic heterocycles. The van der Waals surface area contributed by atoms with E-state index < -0.39 is 0 Å². The van der Waals surface area contributed by atoms with Crippen molar-refractivity contribution in [2.45, 2.75) is 25.4 Å². The van der Waals surface area contributed by atoms with Gasteiger partial charge in [-0.25, -0.2) is 4.98 Å². The normalized spacial score (nSPS) is 27.9. The highest BCUT2D eigenvalue weighted by Crippen LogP contribution is 2.28. The van der Waals surface area contributed by atoms with E-state index >= 15 is 0 Å². The van der Waals surface area contributed by atoms with Gasteiger partial charge in [-0.05, 0) is 31.0 Å². The van der Waals surface area contributed by atoms with Crippen LogP contribution < -0.4 is 5.32 Å². The maximum absolute atomic E-state index is 11.7. The van der Waals surface area contributed by atoms with Gasteiger partial charge in [0.1, 0.15) is 5.15 Å². The molecule has 96 valence electrons. The third-order valence-corrected chi connectivity index (χ3v) is 4.11. The monoisotopic (exact) mass is 265 g/mol. The first kappa shape index (κ1) is 11.9. The summed E-state index contributed by atoms with van der Waals surface area (Å²) in [4.78, 5) is 18.2. The zero-order valence-corrected chi connectivity index (χ0v) is 10.9. The first-order chi connectivity index (χ1) is 8.74. The van der Waals surface area contributed by atoms with Gasteiger partial charge in [0, 0.05) is 25.3 Å². The molecule has 1 N–H and O–H groups in total. The van der Waals surface area contributed by atoms with Crippen molar-refractivity contribution in [3.8, 4) is 0 Å². The van der Waals surface area contributed by atoms with E-state index in [-0.39, 0.29) is 11.8 Å². The second kappa shape index (κ2) is 4.86. The summed E-state index contributed by atoms with van der Waals surface area (Å²) in [5.74, 6) is 0.401. The van der Waals surface area contributed by atoms with Crippen molar-refractivity contribution in [1.29, 1.82) is 0 Å². The summed E-state index contributed by atoms with van der Waals surface area (Å²) in [5.41, 5.74) is 1.15. The van der Waals surface area contributed by atoms with E-state index in [1.165, 1.54) is 0 Å². The third kappa shape index (κ3) is 2.22. The van der Waals surface area contributed by atoms with Crippen molar-refractivity contribution < 1.29 is 4.79 Å². The SMILES string of the molecule is O=C1NCC2C1CCCN2Cc1ccc(Cl)nc1. The standard InChI is InChI=1S/C13H16ClN3O/c14-12-4-3-9(6-15-12)8-17-5-1-2-10-11(17)7-16-13(10)18/h3-4,6,10-11H,1-2,5,7-8H2,(H,16,18). The topological polar surface area (TPSA) is 45.2 Å². The molecule has 2 unspecified atom stereocenters. The van der Waals surface area contributed by atoms with Crippen LogP contribution in [-0.2, 0) is 11.3 Å². The van der Waals surface area contributed by atoms with Crippen molar-refractivity contribution in [3.63, 3.8) is 0 Å². The minimum atomic E-state index is 0.180. The molecule has 0 bridgehead atoms. The fraction of sp³-hybridized carbons (Fsp3) is 0.538. The molecule has 4 nitrogen and oxygen atoms in total. The summed E-state index contributed by atoms with van der Waals surface area (Å²) >= 11 is 5.78. The van der Waals surface area contributed by atoms with Crippen LogP contribution in [0.1, 0.15) is 18.4 Å². The highest BCUT2D eigenvalue weighted by molar-refractivity contribution is 6.29. The van der Waals surface area contributed by atoms with Crippen LogP contribution in [0.25, 0.3) is 0 Å². The Morgan fingerprint density at radius 2 is 2.39 bits per heavy atom. The van der Waals surface area contributed by atoms with Crippen LogP contribution in [0.4, 0.5) is 0 Å². The van der Waals surface area contributed by atoms with Gasteiger partial charge in [-0.15, -0.1) is 0 Å². The molecule has 0 aliphatic carbocycles. The number of nitrogens with one attached hydrogen (secondary N) is 1. The number of aromatic nitrogens is 1. The minimum Gasteiger partial charge on any atom is -0.354 e. The van der Waals surface area contributed by atoms with Crippen LogP contribution in [0, 0.1) is 5.92 Å². The molecule has 2 aliphatic heterocycles. The molecule has 1 aromatic rings. The van der Waals surface area contributed by atoms with Gasteiger partial charge in [0.05, 0.1) is 5.92 Å². The van der Waals surface area contributed by atoms with Crippen molar-refractivity contribution in [1.82, 2.24) is 15.2 Å². The Balaban J connectivity index is 1.72. The molecular formula is C13H16ClN3O. The number of carbonyl (C=O) groups is 1. The van der Waals surface area contributed by atoms with E-state index in [0.717, 1.165) is 38.0 Å². The predicted molar refractivity (Wildman–Crippen MR) is 69.2 cm³/mol. The molecule has 2 saturated heterocycles. The molecule has 2 aliphatic rings.